The first-order chi connectivity index (χ1) is 13.0. The Labute approximate surface area is 166 Å². The van der Waals surface area contributed by atoms with Crippen LogP contribution in [-0.2, 0) is 19.1 Å². The fraction of sp³-hybridized carbons (Fsp3) is 0.909. The molecule has 160 valence electrons. The summed E-state index contributed by atoms with van der Waals surface area (Å²) in [4.78, 5) is 22.5. The normalized spacial score (nSPS) is 13.2. The van der Waals surface area contributed by atoms with Gasteiger partial charge >= 0.3 is 11.9 Å². The molecule has 27 heavy (non-hydrogen) atoms. The fourth-order valence-corrected chi connectivity index (χ4v) is 3.37. The molecule has 0 aliphatic heterocycles. The van der Waals surface area contributed by atoms with Gasteiger partial charge in [0.25, 0.3) is 0 Å². The quantitative estimate of drug-likeness (QED) is 0.259. The van der Waals surface area contributed by atoms with Crippen LogP contribution in [0.15, 0.2) is 0 Å². The molecule has 1 N–H and O–H groups in total. The zero-order valence-electron chi connectivity index (χ0n) is 17.8. The number of carbonyl (C=O) groups is 2. The maximum Gasteiger partial charge on any atom is 0.305 e. The lowest BCUT2D eigenvalue weighted by atomic mass is 9.94. The van der Waals surface area contributed by atoms with Crippen LogP contribution in [0.3, 0.4) is 0 Å². The highest BCUT2D eigenvalue weighted by molar-refractivity contribution is 5.69. The Bertz CT molecular complexity index is 370. The molecule has 5 nitrogen and oxygen atoms in total. The van der Waals surface area contributed by atoms with E-state index in [2.05, 4.69) is 6.92 Å². The molecule has 0 saturated carbocycles. The van der Waals surface area contributed by atoms with Crippen molar-refractivity contribution in [2.45, 2.75) is 110 Å². The van der Waals surface area contributed by atoms with Gasteiger partial charge in [0, 0.05) is 20.0 Å². The summed E-state index contributed by atoms with van der Waals surface area (Å²) in [5, 5.41) is 9.60. The number of rotatable bonds is 18. The van der Waals surface area contributed by atoms with Crippen molar-refractivity contribution in [3.8, 4) is 0 Å². The van der Waals surface area contributed by atoms with Crippen LogP contribution in [0, 0.1) is 5.92 Å². The van der Waals surface area contributed by atoms with E-state index in [1.807, 2.05) is 6.92 Å². The molecule has 5 heteroatoms. The predicted molar refractivity (Wildman–Crippen MR) is 108 cm³/mol. The number of unbranched alkanes of at least 4 members (excludes halogenated alkanes) is 5. The lowest BCUT2D eigenvalue weighted by Crippen LogP contribution is -2.17. The van der Waals surface area contributed by atoms with Crippen molar-refractivity contribution in [3.63, 3.8) is 0 Å². The van der Waals surface area contributed by atoms with Crippen LogP contribution in [0.2, 0.25) is 0 Å². The molecule has 0 amide bonds. The number of aliphatic hydroxyl groups is 1. The van der Waals surface area contributed by atoms with Gasteiger partial charge in [0.1, 0.15) is 6.10 Å². The molecule has 2 atom stereocenters. The van der Waals surface area contributed by atoms with E-state index in [0.29, 0.717) is 18.9 Å². The molecule has 0 aromatic rings. The van der Waals surface area contributed by atoms with Gasteiger partial charge in [0.05, 0.1) is 6.61 Å². The van der Waals surface area contributed by atoms with Crippen LogP contribution in [0.4, 0.5) is 0 Å². The highest BCUT2D eigenvalue weighted by Gasteiger charge is 2.14. The third kappa shape index (κ3) is 16.8. The molecule has 0 radical (unpaired) electrons. The molecule has 0 spiro atoms. The summed E-state index contributed by atoms with van der Waals surface area (Å²) in [7, 11) is 0. The molecule has 0 rings (SSSR count). The maximum atomic E-state index is 11.3. The minimum Gasteiger partial charge on any atom is -0.466 e. The summed E-state index contributed by atoms with van der Waals surface area (Å²) in [5.74, 6) is 0.0220. The molecule has 0 aliphatic carbocycles. The second kappa shape index (κ2) is 18.3. The van der Waals surface area contributed by atoms with Crippen molar-refractivity contribution in [2.24, 2.45) is 5.92 Å². The molecular weight excluding hydrogens is 344 g/mol. The third-order valence-corrected chi connectivity index (χ3v) is 4.91. The Morgan fingerprint density at radius 3 is 2.11 bits per heavy atom. The van der Waals surface area contributed by atoms with Gasteiger partial charge in [-0.05, 0) is 57.8 Å². The topological polar surface area (TPSA) is 72.8 Å². The summed E-state index contributed by atoms with van der Waals surface area (Å²) in [5.41, 5.74) is 0. The molecule has 0 bridgehead atoms. The van der Waals surface area contributed by atoms with E-state index in [9.17, 15) is 14.7 Å². The summed E-state index contributed by atoms with van der Waals surface area (Å²) >= 11 is 0. The van der Waals surface area contributed by atoms with E-state index >= 15 is 0 Å². The zero-order valence-corrected chi connectivity index (χ0v) is 17.8. The van der Waals surface area contributed by atoms with Crippen molar-refractivity contribution in [1.82, 2.24) is 0 Å². The lowest BCUT2D eigenvalue weighted by Gasteiger charge is -2.19. The highest BCUT2D eigenvalue weighted by atomic mass is 16.5. The first-order valence-electron chi connectivity index (χ1n) is 11.0. The third-order valence-electron chi connectivity index (χ3n) is 4.91. The van der Waals surface area contributed by atoms with E-state index < -0.39 is 0 Å². The van der Waals surface area contributed by atoms with Crippen LogP contribution in [-0.4, -0.2) is 36.4 Å². The summed E-state index contributed by atoms with van der Waals surface area (Å²) in [6, 6.07) is 0. The van der Waals surface area contributed by atoms with E-state index in [-0.39, 0.29) is 24.6 Å². The average Bonchev–Trinajstić information content (AvgIpc) is 2.62. The molecule has 2 unspecified atom stereocenters. The fourth-order valence-electron chi connectivity index (χ4n) is 3.37. The van der Waals surface area contributed by atoms with Gasteiger partial charge in [0.15, 0.2) is 0 Å². The Morgan fingerprint density at radius 2 is 1.48 bits per heavy atom. The van der Waals surface area contributed by atoms with Gasteiger partial charge in [0.2, 0.25) is 0 Å². The summed E-state index contributed by atoms with van der Waals surface area (Å²) in [6.45, 7) is 6.15. The van der Waals surface area contributed by atoms with Gasteiger partial charge in [-0.2, -0.15) is 0 Å². The molecule has 0 aliphatic rings. The maximum absolute atomic E-state index is 11.3. The standard InChI is InChI=1S/C22H42O5/c1-4-6-9-15-21(27-19(3)24)16-12-14-20(18-23)13-10-7-8-11-17-22(25)26-5-2/h20-21,23H,4-18H2,1-3H3. The first kappa shape index (κ1) is 25.9. The van der Waals surface area contributed by atoms with E-state index in [0.717, 1.165) is 64.2 Å². The number of carbonyl (C=O) groups excluding carboxylic acids is 2. The smallest absolute Gasteiger partial charge is 0.305 e. The molecule has 0 heterocycles. The van der Waals surface area contributed by atoms with Crippen LogP contribution < -0.4 is 0 Å². The van der Waals surface area contributed by atoms with Crippen LogP contribution in [0.25, 0.3) is 0 Å². The summed E-state index contributed by atoms with van der Waals surface area (Å²) in [6.07, 6.45) is 12.9. The summed E-state index contributed by atoms with van der Waals surface area (Å²) < 4.78 is 10.4. The Morgan fingerprint density at radius 1 is 0.852 bits per heavy atom. The van der Waals surface area contributed by atoms with Gasteiger partial charge in [-0.15, -0.1) is 0 Å². The van der Waals surface area contributed by atoms with Crippen molar-refractivity contribution in [1.29, 1.82) is 0 Å². The lowest BCUT2D eigenvalue weighted by molar-refractivity contribution is -0.147. The van der Waals surface area contributed by atoms with Crippen molar-refractivity contribution >= 4 is 11.9 Å². The molecule has 0 aromatic carbocycles. The van der Waals surface area contributed by atoms with Crippen LogP contribution in [0.1, 0.15) is 104 Å². The minimum atomic E-state index is -0.196. The monoisotopic (exact) mass is 386 g/mol. The Hall–Kier alpha value is -1.10. The minimum absolute atomic E-state index is 0.0243. The molecule has 0 fully saturated rings. The van der Waals surface area contributed by atoms with E-state index in [1.54, 1.807) is 0 Å². The van der Waals surface area contributed by atoms with Gasteiger partial charge in [-0.3, -0.25) is 9.59 Å². The highest BCUT2D eigenvalue weighted by Crippen LogP contribution is 2.20. The molecule has 0 saturated heterocycles. The number of ether oxygens (including phenoxy) is 2. The number of esters is 2. The SMILES string of the molecule is CCCCCC(CCCC(CO)CCCCCCC(=O)OCC)OC(C)=O. The van der Waals surface area contributed by atoms with Crippen molar-refractivity contribution < 1.29 is 24.2 Å². The molecule has 0 aromatic heterocycles. The Balaban J connectivity index is 3.87. The largest absolute Gasteiger partial charge is 0.466 e. The van der Waals surface area contributed by atoms with E-state index in [1.165, 1.54) is 19.8 Å². The average molecular weight is 387 g/mol. The number of hydrogen-bond donors (Lipinski definition) is 1. The number of hydrogen-bond acceptors (Lipinski definition) is 5. The second-order valence-electron chi connectivity index (χ2n) is 7.46. The van der Waals surface area contributed by atoms with Gasteiger partial charge in [-0.25, -0.2) is 0 Å². The van der Waals surface area contributed by atoms with Crippen LogP contribution in [0.5, 0.6) is 0 Å². The second-order valence-corrected chi connectivity index (χ2v) is 7.46. The Kier molecular flexibility index (Phi) is 17.5. The number of aliphatic hydroxyl groups excluding tert-OH is 1. The van der Waals surface area contributed by atoms with Gasteiger partial charge in [-0.1, -0.05) is 39.0 Å². The predicted octanol–water partition coefficient (Wildman–Crippen LogP) is 5.18. The van der Waals surface area contributed by atoms with Crippen molar-refractivity contribution in [2.75, 3.05) is 13.2 Å². The van der Waals surface area contributed by atoms with E-state index in [4.69, 9.17) is 9.47 Å². The zero-order chi connectivity index (χ0) is 20.3. The van der Waals surface area contributed by atoms with Gasteiger partial charge < -0.3 is 14.6 Å². The molecular formula is C22H42O5. The van der Waals surface area contributed by atoms with Crippen molar-refractivity contribution in [3.05, 3.63) is 0 Å². The first-order valence-corrected chi connectivity index (χ1v) is 11.0. The van der Waals surface area contributed by atoms with Crippen LogP contribution >= 0.6 is 0 Å².